The molecule has 0 aliphatic heterocycles. The zero-order valence-electron chi connectivity index (χ0n) is 17.0. The Bertz CT molecular complexity index is 1040. The van der Waals surface area contributed by atoms with Gasteiger partial charge in [0.05, 0.1) is 22.7 Å². The van der Waals surface area contributed by atoms with Crippen LogP contribution in [-0.4, -0.2) is 26.8 Å². The van der Waals surface area contributed by atoms with Crippen molar-refractivity contribution < 1.29 is 4.79 Å². The lowest BCUT2D eigenvalue weighted by Gasteiger charge is -2.36. The zero-order chi connectivity index (χ0) is 21.1. The maximum Gasteiger partial charge on any atom is 0.262 e. The van der Waals surface area contributed by atoms with Crippen LogP contribution in [0.15, 0.2) is 34.2 Å². The van der Waals surface area contributed by atoms with Gasteiger partial charge in [-0.1, -0.05) is 50.6 Å². The molecule has 1 aromatic carbocycles. The molecule has 1 heterocycles. The number of ketones is 1. The summed E-state index contributed by atoms with van der Waals surface area (Å²) >= 11 is 1.20. The average molecular weight is 411 g/mol. The third-order valence-corrected chi connectivity index (χ3v) is 6.97. The van der Waals surface area contributed by atoms with E-state index in [9.17, 15) is 14.9 Å². The first-order chi connectivity index (χ1) is 13.8. The molecule has 1 N–H and O–H groups in total. The molecular formula is C22H26N4O2S. The number of para-hydroxylation sites is 1. The molecule has 0 saturated heterocycles. The Morgan fingerprint density at radius 2 is 2.10 bits per heavy atom. The first-order valence-corrected chi connectivity index (χ1v) is 10.9. The summed E-state index contributed by atoms with van der Waals surface area (Å²) in [6.07, 6.45) is 3.12. The van der Waals surface area contributed by atoms with E-state index in [1.54, 1.807) is 16.7 Å². The van der Waals surface area contributed by atoms with Gasteiger partial charge in [-0.25, -0.2) is 4.98 Å². The molecule has 0 unspecified atom stereocenters. The predicted molar refractivity (Wildman–Crippen MR) is 115 cm³/mol. The number of nitriles is 1. The molecule has 1 aliphatic carbocycles. The summed E-state index contributed by atoms with van der Waals surface area (Å²) in [6, 6.07) is 9.21. The minimum absolute atomic E-state index is 0.00980. The van der Waals surface area contributed by atoms with Crippen LogP contribution in [0, 0.1) is 34.5 Å². The maximum absolute atomic E-state index is 13.4. The van der Waals surface area contributed by atoms with E-state index in [1.165, 1.54) is 18.7 Å². The van der Waals surface area contributed by atoms with Crippen molar-refractivity contribution in [1.82, 2.24) is 9.55 Å². The first-order valence-electron chi connectivity index (χ1n) is 9.96. The van der Waals surface area contributed by atoms with Crippen molar-refractivity contribution in [3.8, 4) is 6.07 Å². The van der Waals surface area contributed by atoms with Gasteiger partial charge < -0.3 is 5.41 Å². The summed E-state index contributed by atoms with van der Waals surface area (Å²) in [5.41, 5.74) is 0.577. The summed E-state index contributed by atoms with van der Waals surface area (Å²) in [7, 11) is 0. The Morgan fingerprint density at radius 3 is 2.79 bits per heavy atom. The predicted octanol–water partition coefficient (Wildman–Crippen LogP) is 4.23. The lowest BCUT2D eigenvalue weighted by Crippen LogP contribution is -2.35. The van der Waals surface area contributed by atoms with E-state index in [0.717, 1.165) is 19.3 Å². The molecular weight excluding hydrogens is 384 g/mol. The number of carbonyl (C=O) groups is 1. The Kier molecular flexibility index (Phi) is 6.53. The number of benzene rings is 1. The molecule has 0 bridgehead atoms. The summed E-state index contributed by atoms with van der Waals surface area (Å²) < 4.78 is 1.78. The van der Waals surface area contributed by atoms with Crippen LogP contribution in [0.5, 0.6) is 0 Å². The van der Waals surface area contributed by atoms with Crippen molar-refractivity contribution in [2.75, 3.05) is 5.75 Å². The standard InChI is InChI=1S/C22H26N4O2S/c1-13-7-6-10-19(14(13)2)26-21(28)16-8-4-5-9-18(16)25-22(26)29-12-20(27)17(11-23)15(3)24/h4-5,8-9,13-14,17,19,24H,6-7,10,12H2,1-3H3/t13-,14+,17+,19-/m0/s1. The molecule has 6 nitrogen and oxygen atoms in total. The quantitative estimate of drug-likeness (QED) is 0.436. The topological polar surface area (TPSA) is 99.6 Å². The molecule has 0 amide bonds. The van der Waals surface area contributed by atoms with Crippen molar-refractivity contribution in [2.24, 2.45) is 17.8 Å². The molecule has 1 saturated carbocycles. The zero-order valence-corrected chi connectivity index (χ0v) is 17.8. The Morgan fingerprint density at radius 1 is 1.38 bits per heavy atom. The van der Waals surface area contributed by atoms with E-state index in [1.807, 2.05) is 18.2 Å². The molecule has 152 valence electrons. The van der Waals surface area contributed by atoms with Crippen LogP contribution in [0.25, 0.3) is 10.9 Å². The van der Waals surface area contributed by atoms with E-state index in [0.29, 0.717) is 27.9 Å². The van der Waals surface area contributed by atoms with Crippen LogP contribution >= 0.6 is 11.8 Å². The van der Waals surface area contributed by atoms with E-state index < -0.39 is 5.92 Å². The van der Waals surface area contributed by atoms with Crippen molar-refractivity contribution in [2.45, 2.75) is 51.2 Å². The van der Waals surface area contributed by atoms with Crippen LogP contribution < -0.4 is 5.56 Å². The summed E-state index contributed by atoms with van der Waals surface area (Å²) in [5.74, 6) is -0.526. The highest BCUT2D eigenvalue weighted by Gasteiger charge is 2.31. The summed E-state index contributed by atoms with van der Waals surface area (Å²) in [6.45, 7) is 5.86. The van der Waals surface area contributed by atoms with Gasteiger partial charge in [0.2, 0.25) is 0 Å². The second kappa shape index (κ2) is 8.91. The number of rotatable bonds is 6. The molecule has 1 aromatic heterocycles. The minimum atomic E-state index is -1.04. The van der Waals surface area contributed by atoms with E-state index >= 15 is 0 Å². The number of nitrogens with one attached hydrogen (secondary N) is 1. The van der Waals surface area contributed by atoms with E-state index in [-0.39, 0.29) is 28.8 Å². The lowest BCUT2D eigenvalue weighted by atomic mass is 9.78. The number of fused-ring (bicyclic) bond motifs is 1. The number of Topliss-reactive ketones (excluding diaryl/α,β-unsaturated/α-hetero) is 1. The van der Waals surface area contributed by atoms with Gasteiger partial charge in [-0.2, -0.15) is 5.26 Å². The molecule has 4 atom stereocenters. The van der Waals surface area contributed by atoms with Crippen LogP contribution in [0.4, 0.5) is 0 Å². The van der Waals surface area contributed by atoms with E-state index in [4.69, 9.17) is 10.4 Å². The minimum Gasteiger partial charge on any atom is -0.308 e. The van der Waals surface area contributed by atoms with Gasteiger partial charge in [0.1, 0.15) is 5.92 Å². The second-order valence-electron chi connectivity index (χ2n) is 7.92. The highest BCUT2D eigenvalue weighted by Crippen LogP contribution is 2.38. The third-order valence-electron chi connectivity index (χ3n) is 6.00. The molecule has 3 rings (SSSR count). The van der Waals surface area contributed by atoms with Gasteiger partial charge in [-0.15, -0.1) is 0 Å². The normalized spacial score (nSPS) is 22.8. The molecule has 0 spiro atoms. The van der Waals surface area contributed by atoms with Crippen molar-refractivity contribution >= 4 is 34.2 Å². The van der Waals surface area contributed by atoms with Gasteiger partial charge in [-0.3, -0.25) is 14.2 Å². The average Bonchev–Trinajstić information content (AvgIpc) is 2.69. The maximum atomic E-state index is 13.4. The first kappa shape index (κ1) is 21.3. The van der Waals surface area contributed by atoms with Crippen molar-refractivity contribution in [1.29, 1.82) is 10.7 Å². The molecule has 2 aromatic rings. The smallest absolute Gasteiger partial charge is 0.262 e. The number of nitrogens with zero attached hydrogens (tertiary/aromatic N) is 3. The molecule has 29 heavy (non-hydrogen) atoms. The third kappa shape index (κ3) is 4.27. The second-order valence-corrected chi connectivity index (χ2v) is 8.86. The number of carbonyl (C=O) groups excluding carboxylic acids is 1. The SMILES string of the molecule is CC(=N)[C@@H](C#N)C(=O)CSc1nc2ccccc2c(=O)n1[C@H]1CCC[C@H](C)[C@H]1C. The molecule has 0 radical (unpaired) electrons. The van der Waals surface area contributed by atoms with Gasteiger partial charge >= 0.3 is 0 Å². The highest BCUT2D eigenvalue weighted by atomic mass is 32.2. The molecule has 1 fully saturated rings. The fourth-order valence-corrected chi connectivity index (χ4v) is 5.03. The molecule has 1 aliphatic rings. The monoisotopic (exact) mass is 410 g/mol. The Labute approximate surface area is 174 Å². The highest BCUT2D eigenvalue weighted by molar-refractivity contribution is 7.99. The fraction of sp³-hybridized carbons (Fsp3) is 0.500. The lowest BCUT2D eigenvalue weighted by molar-refractivity contribution is -0.117. The fourth-order valence-electron chi connectivity index (χ4n) is 4.07. The van der Waals surface area contributed by atoms with E-state index in [2.05, 4.69) is 13.8 Å². The van der Waals surface area contributed by atoms with Crippen LogP contribution in [-0.2, 0) is 4.79 Å². The van der Waals surface area contributed by atoms with Gasteiger partial charge in [0.25, 0.3) is 5.56 Å². The van der Waals surface area contributed by atoms with Gasteiger partial charge in [0, 0.05) is 11.8 Å². The number of aromatic nitrogens is 2. The summed E-state index contributed by atoms with van der Waals surface area (Å²) in [4.78, 5) is 30.5. The van der Waals surface area contributed by atoms with Gasteiger partial charge in [0.15, 0.2) is 10.9 Å². The number of hydrogen-bond acceptors (Lipinski definition) is 6. The molecule has 7 heteroatoms. The van der Waals surface area contributed by atoms with Crippen LogP contribution in [0.1, 0.15) is 46.1 Å². The largest absolute Gasteiger partial charge is 0.308 e. The summed E-state index contributed by atoms with van der Waals surface area (Å²) in [5, 5.41) is 17.9. The Hall–Kier alpha value is -2.46. The van der Waals surface area contributed by atoms with Crippen LogP contribution in [0.2, 0.25) is 0 Å². The number of hydrogen-bond donors (Lipinski definition) is 1. The Balaban J connectivity index is 2.03. The van der Waals surface area contributed by atoms with Crippen molar-refractivity contribution in [3.63, 3.8) is 0 Å². The van der Waals surface area contributed by atoms with Crippen LogP contribution in [0.3, 0.4) is 0 Å². The van der Waals surface area contributed by atoms with Crippen molar-refractivity contribution in [3.05, 3.63) is 34.6 Å². The number of thioether (sulfide) groups is 1. The van der Waals surface area contributed by atoms with Gasteiger partial charge in [-0.05, 0) is 37.3 Å².